The highest BCUT2D eigenvalue weighted by molar-refractivity contribution is 7.20. The number of hydrogen-bond acceptors (Lipinski definition) is 4. The third kappa shape index (κ3) is 3.18. The third-order valence-electron chi connectivity index (χ3n) is 4.73. The second-order valence-corrected chi connectivity index (χ2v) is 7.46. The molecule has 0 unspecified atom stereocenters. The van der Waals surface area contributed by atoms with Crippen molar-refractivity contribution in [1.82, 2.24) is 10.2 Å². The maximum atomic E-state index is 13.2. The number of fused-ring (bicyclic) bond motifs is 1. The number of rotatable bonds is 3. The SMILES string of the molecule is CN(c1ccc(F)cc1)c1cccc2sc(C(=O)N3CCNCC3)cc12. The van der Waals surface area contributed by atoms with Crippen LogP contribution in [0.5, 0.6) is 0 Å². The smallest absolute Gasteiger partial charge is 0.264 e. The number of piperazine rings is 1. The number of nitrogens with zero attached hydrogens (tertiary/aromatic N) is 2. The van der Waals surface area contributed by atoms with Gasteiger partial charge in [-0.25, -0.2) is 4.39 Å². The molecule has 3 aromatic rings. The molecule has 0 saturated carbocycles. The zero-order valence-electron chi connectivity index (χ0n) is 14.5. The number of nitrogens with one attached hydrogen (secondary N) is 1. The van der Waals surface area contributed by atoms with Gasteiger partial charge in [-0.15, -0.1) is 11.3 Å². The largest absolute Gasteiger partial charge is 0.344 e. The number of thiophene rings is 1. The molecular weight excluding hydrogens is 349 g/mol. The molecule has 0 bridgehead atoms. The number of carbonyl (C=O) groups excluding carboxylic acids is 1. The monoisotopic (exact) mass is 369 g/mol. The molecule has 1 saturated heterocycles. The minimum Gasteiger partial charge on any atom is -0.344 e. The summed E-state index contributed by atoms with van der Waals surface area (Å²) in [6, 6.07) is 14.5. The summed E-state index contributed by atoms with van der Waals surface area (Å²) in [5, 5.41) is 4.31. The van der Waals surface area contributed by atoms with Gasteiger partial charge in [-0.3, -0.25) is 4.79 Å². The summed E-state index contributed by atoms with van der Waals surface area (Å²) >= 11 is 1.53. The molecule has 6 heteroatoms. The number of benzene rings is 2. The predicted molar refractivity (Wildman–Crippen MR) is 105 cm³/mol. The molecule has 134 valence electrons. The Kier molecular flexibility index (Phi) is 4.61. The quantitative estimate of drug-likeness (QED) is 0.762. The Labute approximate surface area is 155 Å². The van der Waals surface area contributed by atoms with E-state index in [0.717, 1.165) is 52.5 Å². The minimum absolute atomic E-state index is 0.100. The molecule has 1 amide bonds. The topological polar surface area (TPSA) is 35.6 Å². The fourth-order valence-electron chi connectivity index (χ4n) is 3.27. The summed E-state index contributed by atoms with van der Waals surface area (Å²) in [5.74, 6) is -0.150. The first kappa shape index (κ1) is 17.0. The molecule has 1 aliphatic heterocycles. The summed E-state index contributed by atoms with van der Waals surface area (Å²) < 4.78 is 14.3. The average Bonchev–Trinajstić information content (AvgIpc) is 3.12. The lowest BCUT2D eigenvalue weighted by Gasteiger charge is -2.26. The molecule has 26 heavy (non-hydrogen) atoms. The van der Waals surface area contributed by atoms with E-state index in [-0.39, 0.29) is 11.7 Å². The lowest BCUT2D eigenvalue weighted by atomic mass is 10.1. The fraction of sp³-hybridized carbons (Fsp3) is 0.250. The summed E-state index contributed by atoms with van der Waals surface area (Å²) in [6.07, 6.45) is 0. The van der Waals surface area contributed by atoms with Crippen molar-refractivity contribution in [2.45, 2.75) is 0 Å². The van der Waals surface area contributed by atoms with Crippen molar-refractivity contribution in [2.24, 2.45) is 0 Å². The van der Waals surface area contributed by atoms with Crippen molar-refractivity contribution in [3.8, 4) is 0 Å². The van der Waals surface area contributed by atoms with Crippen LogP contribution in [0.1, 0.15) is 9.67 Å². The van der Waals surface area contributed by atoms with Crippen LogP contribution in [0.25, 0.3) is 10.1 Å². The van der Waals surface area contributed by atoms with Gasteiger partial charge >= 0.3 is 0 Å². The van der Waals surface area contributed by atoms with Crippen molar-refractivity contribution in [1.29, 1.82) is 0 Å². The summed E-state index contributed by atoms with van der Waals surface area (Å²) in [7, 11) is 1.96. The second-order valence-electron chi connectivity index (χ2n) is 6.38. The first-order valence-electron chi connectivity index (χ1n) is 8.65. The fourth-order valence-corrected chi connectivity index (χ4v) is 4.32. The lowest BCUT2D eigenvalue weighted by molar-refractivity contribution is 0.0741. The van der Waals surface area contributed by atoms with Crippen LogP contribution in [0.3, 0.4) is 0 Å². The van der Waals surface area contributed by atoms with Crippen molar-refractivity contribution < 1.29 is 9.18 Å². The van der Waals surface area contributed by atoms with Gasteiger partial charge in [-0.2, -0.15) is 0 Å². The number of hydrogen-bond donors (Lipinski definition) is 1. The predicted octanol–water partition coefficient (Wildman–Crippen LogP) is 3.85. The average molecular weight is 369 g/mol. The van der Waals surface area contributed by atoms with Crippen LogP contribution in [0, 0.1) is 5.82 Å². The zero-order chi connectivity index (χ0) is 18.1. The molecule has 0 atom stereocenters. The van der Waals surface area contributed by atoms with Gasteiger partial charge in [-0.05, 0) is 42.5 Å². The molecule has 2 aromatic carbocycles. The summed E-state index contributed by atoms with van der Waals surface area (Å²) in [5.41, 5.74) is 1.91. The van der Waals surface area contributed by atoms with Gasteiger partial charge in [0.1, 0.15) is 5.82 Å². The molecule has 1 N–H and O–H groups in total. The number of anilines is 2. The molecule has 2 heterocycles. The normalized spacial score (nSPS) is 14.6. The number of halogens is 1. The van der Waals surface area contributed by atoms with Crippen LogP contribution in [0.4, 0.5) is 15.8 Å². The summed E-state index contributed by atoms with van der Waals surface area (Å²) in [6.45, 7) is 3.18. The zero-order valence-corrected chi connectivity index (χ0v) is 15.4. The van der Waals surface area contributed by atoms with Gasteiger partial charge in [0.25, 0.3) is 5.91 Å². The van der Waals surface area contributed by atoms with Gasteiger partial charge in [-0.1, -0.05) is 6.07 Å². The second kappa shape index (κ2) is 7.05. The Balaban J connectivity index is 1.69. The van der Waals surface area contributed by atoms with E-state index in [4.69, 9.17) is 0 Å². The Morgan fingerprint density at radius 1 is 1.15 bits per heavy atom. The number of amides is 1. The first-order chi connectivity index (χ1) is 12.6. The number of carbonyl (C=O) groups is 1. The van der Waals surface area contributed by atoms with E-state index < -0.39 is 0 Å². The Morgan fingerprint density at radius 3 is 2.62 bits per heavy atom. The Bertz CT molecular complexity index is 932. The first-order valence-corrected chi connectivity index (χ1v) is 9.47. The molecule has 1 fully saturated rings. The van der Waals surface area contributed by atoms with E-state index in [9.17, 15) is 9.18 Å². The lowest BCUT2D eigenvalue weighted by Crippen LogP contribution is -2.46. The highest BCUT2D eigenvalue weighted by Crippen LogP contribution is 2.36. The third-order valence-corrected chi connectivity index (χ3v) is 5.82. The van der Waals surface area contributed by atoms with Gasteiger partial charge in [0.15, 0.2) is 0 Å². The maximum absolute atomic E-state index is 13.2. The molecule has 0 aliphatic carbocycles. The van der Waals surface area contributed by atoms with E-state index in [1.807, 2.05) is 41.1 Å². The van der Waals surface area contributed by atoms with Crippen LogP contribution >= 0.6 is 11.3 Å². The molecule has 1 aromatic heterocycles. The van der Waals surface area contributed by atoms with Gasteiger partial charge in [0.2, 0.25) is 0 Å². The van der Waals surface area contributed by atoms with E-state index >= 15 is 0 Å². The van der Waals surface area contributed by atoms with Crippen molar-refractivity contribution in [2.75, 3.05) is 38.1 Å². The highest BCUT2D eigenvalue weighted by atomic mass is 32.1. The van der Waals surface area contributed by atoms with Crippen molar-refractivity contribution >= 4 is 38.7 Å². The Morgan fingerprint density at radius 2 is 1.88 bits per heavy atom. The van der Waals surface area contributed by atoms with E-state index in [2.05, 4.69) is 5.32 Å². The van der Waals surface area contributed by atoms with Crippen molar-refractivity contribution in [3.05, 3.63) is 59.2 Å². The molecule has 4 rings (SSSR count). The summed E-state index contributed by atoms with van der Waals surface area (Å²) in [4.78, 5) is 17.5. The van der Waals surface area contributed by atoms with Gasteiger partial charge in [0, 0.05) is 54.7 Å². The van der Waals surface area contributed by atoms with Crippen LogP contribution in [-0.4, -0.2) is 44.0 Å². The van der Waals surface area contributed by atoms with Crippen LogP contribution in [-0.2, 0) is 0 Å². The van der Waals surface area contributed by atoms with Crippen LogP contribution in [0.15, 0.2) is 48.5 Å². The van der Waals surface area contributed by atoms with Gasteiger partial charge < -0.3 is 15.1 Å². The van der Waals surface area contributed by atoms with Crippen LogP contribution < -0.4 is 10.2 Å². The molecule has 4 nitrogen and oxygen atoms in total. The minimum atomic E-state index is -0.250. The van der Waals surface area contributed by atoms with Crippen LogP contribution in [0.2, 0.25) is 0 Å². The standard InChI is InChI=1S/C20H20FN3OS/c1-23(15-7-5-14(21)6-8-15)17-3-2-4-18-16(17)13-19(26-18)20(25)24-11-9-22-10-12-24/h2-8,13,22H,9-12H2,1H3. The molecule has 1 aliphatic rings. The maximum Gasteiger partial charge on any atom is 0.264 e. The van der Waals surface area contributed by atoms with E-state index in [1.165, 1.54) is 23.5 Å². The van der Waals surface area contributed by atoms with E-state index in [1.54, 1.807) is 12.1 Å². The highest BCUT2D eigenvalue weighted by Gasteiger charge is 2.21. The molecule has 0 radical (unpaired) electrons. The van der Waals surface area contributed by atoms with Crippen molar-refractivity contribution in [3.63, 3.8) is 0 Å². The molecule has 0 spiro atoms. The van der Waals surface area contributed by atoms with E-state index in [0.29, 0.717) is 0 Å². The molecular formula is C20H20FN3OS. The Hall–Kier alpha value is -2.44. The van der Waals surface area contributed by atoms with Gasteiger partial charge in [0.05, 0.1) is 4.88 Å².